The molecule has 1 aliphatic rings. The number of pyridine rings is 1. The molecule has 1 fully saturated rings. The summed E-state index contributed by atoms with van der Waals surface area (Å²) in [5.74, 6) is 0.522. The van der Waals surface area contributed by atoms with Crippen LogP contribution in [0.25, 0.3) is 16.6 Å². The molecule has 0 radical (unpaired) electrons. The molecule has 1 N–H and O–H groups in total. The molecule has 0 spiro atoms. The molecule has 8 heteroatoms. The van der Waals surface area contributed by atoms with Gasteiger partial charge in [0.15, 0.2) is 0 Å². The summed E-state index contributed by atoms with van der Waals surface area (Å²) in [6.07, 6.45) is 12.0. The molecule has 1 aromatic carbocycles. The van der Waals surface area contributed by atoms with Gasteiger partial charge in [0.25, 0.3) is 5.91 Å². The molecule has 1 amide bonds. The summed E-state index contributed by atoms with van der Waals surface area (Å²) >= 11 is 6.45. The largest absolute Gasteiger partial charge is 0.334 e. The van der Waals surface area contributed by atoms with Gasteiger partial charge in [0.2, 0.25) is 0 Å². The number of fused-ring (bicyclic) bond motifs is 2. The number of hydrogen-bond donors (Lipinski definition) is 1. The molecule has 0 bridgehead atoms. The first-order valence-electron chi connectivity index (χ1n) is 11.5. The Bertz CT molecular complexity index is 1550. The summed E-state index contributed by atoms with van der Waals surface area (Å²) in [5.41, 5.74) is 7.00. The van der Waals surface area contributed by atoms with Crippen LogP contribution in [0.2, 0.25) is 5.02 Å². The summed E-state index contributed by atoms with van der Waals surface area (Å²) in [6.45, 7) is 4.93. The lowest BCUT2D eigenvalue weighted by Gasteiger charge is -2.08. The number of aryl methyl sites for hydroxylation is 2. The van der Waals surface area contributed by atoms with E-state index < -0.39 is 0 Å². The highest BCUT2D eigenvalue weighted by atomic mass is 35.5. The minimum absolute atomic E-state index is 0.183. The standard InChI is InChI=1S/C26H25ClN6O/c1-16-7-17(2)25-22(27)14-32(23(25)8-16)15-28-26(34)20-9-29-33(11-20)13-21-12-31-10-19(18-3-4-18)5-6-24(31)30-21/h5-12,14,18H,3-4,13,15H2,1-2H3,(H,28,34). The molecule has 1 saturated carbocycles. The fourth-order valence-electron chi connectivity index (χ4n) is 4.67. The monoisotopic (exact) mass is 472 g/mol. The predicted octanol–water partition coefficient (Wildman–Crippen LogP) is 5.07. The molecule has 6 rings (SSSR count). The summed E-state index contributed by atoms with van der Waals surface area (Å²) < 4.78 is 5.79. The Morgan fingerprint density at radius 3 is 2.82 bits per heavy atom. The summed E-state index contributed by atoms with van der Waals surface area (Å²) in [5, 5.41) is 9.05. The van der Waals surface area contributed by atoms with Crippen LogP contribution >= 0.6 is 11.6 Å². The van der Waals surface area contributed by atoms with E-state index in [2.05, 4.69) is 52.2 Å². The maximum Gasteiger partial charge on any atom is 0.255 e. The number of nitrogens with zero attached hydrogens (tertiary/aromatic N) is 5. The van der Waals surface area contributed by atoms with Crippen LogP contribution in [0.3, 0.4) is 0 Å². The smallest absolute Gasteiger partial charge is 0.255 e. The molecule has 7 nitrogen and oxygen atoms in total. The van der Waals surface area contributed by atoms with Crippen LogP contribution in [0.1, 0.15) is 51.5 Å². The van der Waals surface area contributed by atoms with Crippen LogP contribution in [0.15, 0.2) is 55.2 Å². The molecule has 4 aromatic heterocycles. The SMILES string of the molecule is Cc1cc(C)c2c(Cl)cn(CNC(=O)c3cnn(Cc4cn5cc(C6CC6)ccc5n4)c3)c2c1. The molecule has 0 atom stereocenters. The van der Waals surface area contributed by atoms with Gasteiger partial charge in [-0.15, -0.1) is 0 Å². The van der Waals surface area contributed by atoms with Crippen molar-refractivity contribution in [3.05, 3.63) is 88.2 Å². The van der Waals surface area contributed by atoms with Gasteiger partial charge in [-0.05, 0) is 61.4 Å². The Kier molecular flexibility index (Phi) is 4.95. The van der Waals surface area contributed by atoms with Crippen molar-refractivity contribution in [1.29, 1.82) is 0 Å². The van der Waals surface area contributed by atoms with Gasteiger partial charge in [0, 0.05) is 30.2 Å². The van der Waals surface area contributed by atoms with Crippen molar-refractivity contribution < 1.29 is 4.79 Å². The van der Waals surface area contributed by atoms with Crippen LogP contribution in [-0.2, 0) is 13.2 Å². The lowest BCUT2D eigenvalue weighted by molar-refractivity contribution is 0.0942. The topological polar surface area (TPSA) is 69.2 Å². The molecule has 0 unspecified atom stereocenters. The first-order valence-corrected chi connectivity index (χ1v) is 11.9. The number of carbonyl (C=O) groups is 1. The molecule has 0 saturated heterocycles. The van der Waals surface area contributed by atoms with Crippen molar-refractivity contribution in [3.8, 4) is 0 Å². The van der Waals surface area contributed by atoms with Crippen molar-refractivity contribution in [2.45, 2.75) is 45.8 Å². The zero-order valence-corrected chi connectivity index (χ0v) is 19.9. The minimum Gasteiger partial charge on any atom is -0.334 e. The number of carbonyl (C=O) groups excluding carboxylic acids is 1. The number of rotatable bonds is 6. The minimum atomic E-state index is -0.183. The zero-order valence-electron chi connectivity index (χ0n) is 19.1. The number of halogens is 1. The number of aromatic nitrogens is 5. The maximum atomic E-state index is 12.8. The van der Waals surface area contributed by atoms with E-state index in [0.717, 1.165) is 33.4 Å². The molecule has 1 aliphatic carbocycles. The van der Waals surface area contributed by atoms with Crippen molar-refractivity contribution in [2.75, 3.05) is 0 Å². The summed E-state index contributed by atoms with van der Waals surface area (Å²) in [6, 6.07) is 8.44. The second-order valence-electron chi connectivity index (χ2n) is 9.25. The van der Waals surface area contributed by atoms with E-state index in [1.54, 1.807) is 17.1 Å². The van der Waals surface area contributed by atoms with Crippen LogP contribution in [0, 0.1) is 13.8 Å². The lowest BCUT2D eigenvalue weighted by Crippen LogP contribution is -2.25. The Morgan fingerprint density at radius 1 is 1.15 bits per heavy atom. The second-order valence-corrected chi connectivity index (χ2v) is 9.65. The van der Waals surface area contributed by atoms with E-state index in [1.165, 1.54) is 18.4 Å². The Hall–Kier alpha value is -3.58. The van der Waals surface area contributed by atoms with E-state index >= 15 is 0 Å². The number of amides is 1. The van der Waals surface area contributed by atoms with Gasteiger partial charge in [0.05, 0.1) is 41.2 Å². The fraction of sp³-hybridized carbons (Fsp3) is 0.269. The third-order valence-electron chi connectivity index (χ3n) is 6.48. The van der Waals surface area contributed by atoms with Crippen LogP contribution in [0.4, 0.5) is 0 Å². The lowest BCUT2D eigenvalue weighted by atomic mass is 10.1. The number of nitrogens with one attached hydrogen (secondary N) is 1. The normalized spacial score (nSPS) is 13.7. The third-order valence-corrected chi connectivity index (χ3v) is 6.77. The summed E-state index contributed by atoms with van der Waals surface area (Å²) in [4.78, 5) is 17.5. The van der Waals surface area contributed by atoms with Gasteiger partial charge in [-0.1, -0.05) is 23.7 Å². The summed E-state index contributed by atoms with van der Waals surface area (Å²) in [7, 11) is 0. The second kappa shape index (κ2) is 8.02. The first-order chi connectivity index (χ1) is 16.4. The van der Waals surface area contributed by atoms with Crippen LogP contribution < -0.4 is 5.32 Å². The molecular weight excluding hydrogens is 448 g/mol. The molecule has 172 valence electrons. The van der Waals surface area contributed by atoms with Crippen molar-refractivity contribution >= 4 is 34.1 Å². The number of benzene rings is 1. The number of hydrogen-bond acceptors (Lipinski definition) is 3. The van der Waals surface area contributed by atoms with Gasteiger partial charge < -0.3 is 14.3 Å². The fourth-order valence-corrected chi connectivity index (χ4v) is 5.04. The van der Waals surface area contributed by atoms with E-state index in [9.17, 15) is 4.79 Å². The van der Waals surface area contributed by atoms with E-state index in [4.69, 9.17) is 16.6 Å². The molecular formula is C26H25ClN6O. The van der Waals surface area contributed by atoms with Gasteiger partial charge in [-0.25, -0.2) is 4.98 Å². The van der Waals surface area contributed by atoms with Gasteiger partial charge in [-0.2, -0.15) is 5.10 Å². The van der Waals surface area contributed by atoms with Gasteiger partial charge in [-0.3, -0.25) is 9.48 Å². The van der Waals surface area contributed by atoms with Crippen LogP contribution in [-0.4, -0.2) is 29.6 Å². The van der Waals surface area contributed by atoms with Crippen molar-refractivity contribution in [3.63, 3.8) is 0 Å². The average Bonchev–Trinajstić information content (AvgIpc) is 3.27. The highest BCUT2D eigenvalue weighted by Crippen LogP contribution is 2.39. The quantitative estimate of drug-likeness (QED) is 0.375. The molecule has 0 aliphatic heterocycles. The Morgan fingerprint density at radius 2 is 2.00 bits per heavy atom. The van der Waals surface area contributed by atoms with Crippen molar-refractivity contribution in [2.24, 2.45) is 0 Å². The van der Waals surface area contributed by atoms with E-state index in [1.807, 2.05) is 23.9 Å². The van der Waals surface area contributed by atoms with Crippen molar-refractivity contribution in [1.82, 2.24) is 29.0 Å². The highest BCUT2D eigenvalue weighted by Gasteiger charge is 2.23. The Labute approximate surface area is 202 Å². The van der Waals surface area contributed by atoms with Gasteiger partial charge in [0.1, 0.15) is 5.65 Å². The van der Waals surface area contributed by atoms with E-state index in [-0.39, 0.29) is 5.91 Å². The van der Waals surface area contributed by atoms with Crippen LogP contribution in [0.5, 0.6) is 0 Å². The Balaban J connectivity index is 1.15. The zero-order chi connectivity index (χ0) is 23.4. The van der Waals surface area contributed by atoms with Gasteiger partial charge >= 0.3 is 0 Å². The first kappa shape index (κ1) is 21.0. The predicted molar refractivity (Wildman–Crippen MR) is 132 cm³/mol. The van der Waals surface area contributed by atoms with E-state index in [0.29, 0.717) is 29.7 Å². The molecule has 4 heterocycles. The molecule has 5 aromatic rings. The number of imidazole rings is 1. The third kappa shape index (κ3) is 3.86. The average molecular weight is 473 g/mol. The highest BCUT2D eigenvalue weighted by molar-refractivity contribution is 6.36. The maximum absolute atomic E-state index is 12.8. The molecule has 34 heavy (non-hydrogen) atoms.